The number of hydrogen-bond donors (Lipinski definition) is 0. The maximum atomic E-state index is 13.1. The van der Waals surface area contributed by atoms with Crippen LogP contribution in [0.2, 0.25) is 5.02 Å². The molecular formula is C19H18ClFN4O. The van der Waals surface area contributed by atoms with Crippen LogP contribution in [-0.2, 0) is 0 Å². The molecule has 1 heterocycles. The summed E-state index contributed by atoms with van der Waals surface area (Å²) in [6.45, 7) is 3.67. The lowest BCUT2D eigenvalue weighted by Crippen LogP contribution is -2.30. The molecule has 1 aromatic heterocycles. The molecule has 0 bridgehead atoms. The van der Waals surface area contributed by atoms with Gasteiger partial charge < -0.3 is 4.90 Å². The zero-order chi connectivity index (χ0) is 18.8. The predicted octanol–water partition coefficient (Wildman–Crippen LogP) is 4.20. The number of carbonyl (C=O) groups excluding carboxylic acids is 1. The van der Waals surface area contributed by atoms with Crippen molar-refractivity contribution in [3.63, 3.8) is 0 Å². The molecule has 0 fully saturated rings. The van der Waals surface area contributed by atoms with Crippen LogP contribution in [0.5, 0.6) is 0 Å². The Bertz CT molecular complexity index is 922. The fourth-order valence-corrected chi connectivity index (χ4v) is 2.73. The summed E-state index contributed by atoms with van der Waals surface area (Å²) in [5, 5.41) is 4.94. The third-order valence-corrected chi connectivity index (χ3v) is 4.54. The molecular weight excluding hydrogens is 355 g/mol. The van der Waals surface area contributed by atoms with Crippen molar-refractivity contribution in [3.8, 4) is 5.69 Å². The van der Waals surface area contributed by atoms with Gasteiger partial charge in [-0.05, 0) is 55.8 Å². The Morgan fingerprint density at radius 3 is 2.38 bits per heavy atom. The fourth-order valence-electron chi connectivity index (χ4n) is 2.61. The smallest absolute Gasteiger partial charge is 0.293 e. The Labute approximate surface area is 156 Å². The van der Waals surface area contributed by atoms with Crippen LogP contribution in [0.3, 0.4) is 0 Å². The standard InChI is InChI=1S/C19H18ClFN4O/c1-12(14-4-6-15(20)7-5-14)24(3)19(26)18-22-13(2)25(23-18)17-10-8-16(21)9-11-17/h4-12H,1-3H3. The number of halogens is 2. The number of benzene rings is 2. The molecule has 0 N–H and O–H groups in total. The van der Waals surface area contributed by atoms with Crippen molar-refractivity contribution < 1.29 is 9.18 Å². The molecule has 0 aliphatic heterocycles. The molecule has 0 saturated carbocycles. The maximum Gasteiger partial charge on any atom is 0.293 e. The van der Waals surface area contributed by atoms with Crippen LogP contribution < -0.4 is 0 Å². The lowest BCUT2D eigenvalue weighted by atomic mass is 10.1. The Kier molecular flexibility index (Phi) is 5.04. The number of aromatic nitrogens is 3. The fraction of sp³-hybridized carbons (Fsp3) is 0.211. The van der Waals surface area contributed by atoms with E-state index in [4.69, 9.17) is 11.6 Å². The van der Waals surface area contributed by atoms with E-state index >= 15 is 0 Å². The summed E-state index contributed by atoms with van der Waals surface area (Å²) in [6.07, 6.45) is 0. The van der Waals surface area contributed by atoms with Crippen LogP contribution in [-0.4, -0.2) is 32.6 Å². The summed E-state index contributed by atoms with van der Waals surface area (Å²) >= 11 is 5.92. The minimum absolute atomic E-state index is 0.0927. The van der Waals surface area contributed by atoms with E-state index in [0.717, 1.165) is 5.56 Å². The highest BCUT2D eigenvalue weighted by molar-refractivity contribution is 6.30. The Hall–Kier alpha value is -2.73. The Morgan fingerprint density at radius 2 is 1.77 bits per heavy atom. The minimum Gasteiger partial charge on any atom is -0.332 e. The zero-order valence-corrected chi connectivity index (χ0v) is 15.4. The second kappa shape index (κ2) is 7.25. The van der Waals surface area contributed by atoms with Crippen molar-refractivity contribution in [1.29, 1.82) is 0 Å². The molecule has 1 unspecified atom stereocenters. The van der Waals surface area contributed by atoms with Gasteiger partial charge in [0.05, 0.1) is 11.7 Å². The molecule has 1 amide bonds. The van der Waals surface area contributed by atoms with Crippen molar-refractivity contribution in [2.75, 3.05) is 7.05 Å². The van der Waals surface area contributed by atoms with Gasteiger partial charge in [0, 0.05) is 12.1 Å². The van der Waals surface area contributed by atoms with Gasteiger partial charge in [-0.3, -0.25) is 4.79 Å². The largest absolute Gasteiger partial charge is 0.332 e. The number of aryl methyl sites for hydroxylation is 1. The maximum absolute atomic E-state index is 13.1. The summed E-state index contributed by atoms with van der Waals surface area (Å²) in [5.41, 5.74) is 1.60. The highest BCUT2D eigenvalue weighted by atomic mass is 35.5. The lowest BCUT2D eigenvalue weighted by Gasteiger charge is -2.24. The summed E-state index contributed by atoms with van der Waals surface area (Å²) in [4.78, 5) is 18.6. The van der Waals surface area contributed by atoms with Crippen molar-refractivity contribution in [2.24, 2.45) is 0 Å². The summed E-state index contributed by atoms with van der Waals surface area (Å²) in [6, 6.07) is 13.0. The average molecular weight is 373 g/mol. The SMILES string of the molecule is Cc1nc(C(=O)N(C)C(C)c2ccc(Cl)cc2)nn1-c1ccc(F)cc1. The van der Waals surface area contributed by atoms with Crippen LogP contribution in [0.15, 0.2) is 48.5 Å². The van der Waals surface area contributed by atoms with Crippen molar-refractivity contribution >= 4 is 17.5 Å². The van der Waals surface area contributed by atoms with Gasteiger partial charge in [0.25, 0.3) is 5.91 Å². The monoisotopic (exact) mass is 372 g/mol. The molecule has 3 rings (SSSR count). The lowest BCUT2D eigenvalue weighted by molar-refractivity contribution is 0.0730. The Balaban J connectivity index is 1.84. The molecule has 2 aromatic carbocycles. The van der Waals surface area contributed by atoms with Gasteiger partial charge in [-0.25, -0.2) is 14.1 Å². The van der Waals surface area contributed by atoms with Crippen LogP contribution in [0.4, 0.5) is 4.39 Å². The summed E-state index contributed by atoms with van der Waals surface area (Å²) < 4.78 is 14.6. The molecule has 7 heteroatoms. The first-order valence-corrected chi connectivity index (χ1v) is 8.47. The van der Waals surface area contributed by atoms with Gasteiger partial charge in [0.15, 0.2) is 0 Å². The van der Waals surface area contributed by atoms with E-state index in [2.05, 4.69) is 10.1 Å². The predicted molar refractivity (Wildman–Crippen MR) is 98.0 cm³/mol. The minimum atomic E-state index is -0.334. The van der Waals surface area contributed by atoms with Crippen LogP contribution in [0, 0.1) is 12.7 Å². The Morgan fingerprint density at radius 1 is 1.15 bits per heavy atom. The van der Waals surface area contributed by atoms with Crippen LogP contribution >= 0.6 is 11.6 Å². The molecule has 0 aliphatic carbocycles. The molecule has 26 heavy (non-hydrogen) atoms. The number of rotatable bonds is 4. The zero-order valence-electron chi connectivity index (χ0n) is 14.6. The highest BCUT2D eigenvalue weighted by Gasteiger charge is 2.23. The normalized spacial score (nSPS) is 12.0. The van der Waals surface area contributed by atoms with Crippen LogP contribution in [0.1, 0.15) is 35.0 Å². The molecule has 0 spiro atoms. The summed E-state index contributed by atoms with van der Waals surface area (Å²) in [5.74, 6) is 0.0124. The molecule has 1 atom stereocenters. The van der Waals surface area contributed by atoms with Gasteiger partial charge >= 0.3 is 0 Å². The van der Waals surface area contributed by atoms with Gasteiger partial charge in [-0.1, -0.05) is 23.7 Å². The van der Waals surface area contributed by atoms with Crippen LogP contribution in [0.25, 0.3) is 5.69 Å². The van der Waals surface area contributed by atoms with Gasteiger partial charge in [-0.2, -0.15) is 0 Å². The van der Waals surface area contributed by atoms with Gasteiger partial charge in [0.2, 0.25) is 5.82 Å². The average Bonchev–Trinajstić information content (AvgIpc) is 3.03. The second-order valence-corrected chi connectivity index (χ2v) is 6.45. The molecule has 5 nitrogen and oxygen atoms in total. The van der Waals surface area contributed by atoms with Crippen molar-refractivity contribution in [1.82, 2.24) is 19.7 Å². The topological polar surface area (TPSA) is 51.0 Å². The number of amides is 1. The van der Waals surface area contributed by atoms with Gasteiger partial charge in [0.1, 0.15) is 11.6 Å². The first kappa shape index (κ1) is 18.1. The third kappa shape index (κ3) is 3.60. The second-order valence-electron chi connectivity index (χ2n) is 6.01. The number of nitrogens with zero attached hydrogens (tertiary/aromatic N) is 4. The third-order valence-electron chi connectivity index (χ3n) is 4.29. The van der Waals surface area contributed by atoms with Gasteiger partial charge in [-0.15, -0.1) is 5.10 Å². The van der Waals surface area contributed by atoms with E-state index in [0.29, 0.717) is 16.5 Å². The number of carbonyl (C=O) groups is 1. The molecule has 3 aromatic rings. The van der Waals surface area contributed by atoms with E-state index in [1.54, 1.807) is 43.1 Å². The summed E-state index contributed by atoms with van der Waals surface area (Å²) in [7, 11) is 1.70. The van der Waals surface area contributed by atoms with Crippen molar-refractivity contribution in [2.45, 2.75) is 19.9 Å². The highest BCUT2D eigenvalue weighted by Crippen LogP contribution is 2.22. The number of hydrogen-bond acceptors (Lipinski definition) is 3. The first-order valence-electron chi connectivity index (χ1n) is 8.09. The van der Waals surface area contributed by atoms with E-state index < -0.39 is 0 Å². The molecule has 134 valence electrons. The molecule has 0 aliphatic rings. The molecule has 0 saturated heterocycles. The van der Waals surface area contributed by atoms with Crippen molar-refractivity contribution in [3.05, 3.63) is 76.6 Å². The van der Waals surface area contributed by atoms with E-state index in [-0.39, 0.29) is 23.6 Å². The first-order chi connectivity index (χ1) is 12.4. The van der Waals surface area contributed by atoms with E-state index in [1.165, 1.54) is 16.8 Å². The van der Waals surface area contributed by atoms with E-state index in [9.17, 15) is 9.18 Å². The molecule has 0 radical (unpaired) electrons. The van der Waals surface area contributed by atoms with E-state index in [1.807, 2.05) is 19.1 Å². The quantitative estimate of drug-likeness (QED) is 0.689.